The van der Waals surface area contributed by atoms with Crippen LogP contribution in [-0.2, 0) is 0 Å². The van der Waals surface area contributed by atoms with Crippen LogP contribution < -0.4 is 15.5 Å². The Morgan fingerprint density at radius 3 is 2.33 bits per heavy atom. The lowest BCUT2D eigenvalue weighted by Crippen LogP contribution is -2.47. The molecule has 2 N–H and O–H groups in total. The van der Waals surface area contributed by atoms with E-state index in [1.807, 2.05) is 30.3 Å². The van der Waals surface area contributed by atoms with Crippen molar-refractivity contribution in [2.45, 2.75) is 10.0 Å². The van der Waals surface area contributed by atoms with Gasteiger partial charge in [0.2, 0.25) is 10.0 Å². The summed E-state index contributed by atoms with van der Waals surface area (Å²) in [5, 5.41) is 19.0. The van der Waals surface area contributed by atoms with Gasteiger partial charge in [0.25, 0.3) is 17.5 Å². The van der Waals surface area contributed by atoms with Gasteiger partial charge in [-0.1, -0.05) is 77.3 Å². The zero-order valence-corrected chi connectivity index (χ0v) is 22.2. The minimum absolute atomic E-state index is 0.0911. The molecule has 9 nitrogen and oxygen atoms in total. The molecule has 198 valence electrons. The fraction of sp³-hybridized carbons (Fsp3) is 0.0741. The Bertz CT molecular complexity index is 1550. The number of rotatable bonds is 8. The Kier molecular flexibility index (Phi) is 8.65. The number of hydrazone groups is 1. The first-order valence-electron chi connectivity index (χ1n) is 11.3. The smallest absolute Gasteiger partial charge is 0.271 e. The van der Waals surface area contributed by atoms with E-state index in [0.29, 0.717) is 16.9 Å². The van der Waals surface area contributed by atoms with Crippen LogP contribution >= 0.6 is 34.8 Å². The molecule has 4 rings (SSSR count). The second-order valence-corrected chi connectivity index (χ2v) is 10.5. The average molecular weight is 586 g/mol. The van der Waals surface area contributed by atoms with Crippen LogP contribution in [0.3, 0.4) is 0 Å². The molecule has 0 aliphatic heterocycles. The van der Waals surface area contributed by atoms with Crippen LogP contribution in [0.4, 0.5) is 5.69 Å². The first-order valence-corrected chi connectivity index (χ1v) is 12.4. The first-order chi connectivity index (χ1) is 18.6. The standard InChI is InChI=1S/C27H19Cl3N4O5/c28-27(29,30)26(32-25(36)23-10-4-6-18-5-1-2-9-22(18)23)39-21-13-11-17(12-14-21)16-31-33-24(35)19-7-3-8-20(15-19)34(37)38/h1-16,26H,(H,32,36)(H,33,35). The summed E-state index contributed by atoms with van der Waals surface area (Å²) >= 11 is 18.3. The van der Waals surface area contributed by atoms with Gasteiger partial charge in [0.15, 0.2) is 0 Å². The van der Waals surface area contributed by atoms with Gasteiger partial charge < -0.3 is 10.1 Å². The number of nitro groups is 1. The van der Waals surface area contributed by atoms with E-state index in [0.717, 1.165) is 16.8 Å². The van der Waals surface area contributed by atoms with Crippen molar-refractivity contribution in [3.63, 3.8) is 0 Å². The Morgan fingerprint density at radius 1 is 0.923 bits per heavy atom. The van der Waals surface area contributed by atoms with Crippen molar-refractivity contribution in [2.75, 3.05) is 0 Å². The molecular weight excluding hydrogens is 567 g/mol. The number of amides is 2. The quantitative estimate of drug-likeness (QED) is 0.0861. The molecule has 0 saturated heterocycles. The second-order valence-electron chi connectivity index (χ2n) is 8.12. The van der Waals surface area contributed by atoms with Crippen LogP contribution in [0.5, 0.6) is 5.75 Å². The molecule has 1 atom stereocenters. The highest BCUT2D eigenvalue weighted by Crippen LogP contribution is 2.32. The molecule has 12 heteroatoms. The van der Waals surface area contributed by atoms with Gasteiger partial charge in [-0.15, -0.1) is 0 Å². The second kappa shape index (κ2) is 12.1. The predicted molar refractivity (Wildman–Crippen MR) is 151 cm³/mol. The van der Waals surface area contributed by atoms with Gasteiger partial charge >= 0.3 is 0 Å². The zero-order valence-electron chi connectivity index (χ0n) is 19.9. The summed E-state index contributed by atoms with van der Waals surface area (Å²) in [5.74, 6) is -0.795. The zero-order chi connectivity index (χ0) is 28.0. The maximum absolute atomic E-state index is 13.0. The summed E-state index contributed by atoms with van der Waals surface area (Å²) in [6.07, 6.45) is 0.0519. The normalized spacial score (nSPS) is 12.2. The molecule has 0 radical (unpaired) electrons. The molecule has 2 amide bonds. The highest BCUT2D eigenvalue weighted by Gasteiger charge is 2.36. The molecule has 0 aromatic heterocycles. The van der Waals surface area contributed by atoms with Gasteiger partial charge in [-0.2, -0.15) is 5.10 Å². The molecule has 0 aliphatic rings. The largest absolute Gasteiger partial charge is 0.466 e. The number of nitro benzene ring substituents is 1. The molecular formula is C27H19Cl3N4O5. The van der Waals surface area contributed by atoms with E-state index in [1.165, 1.54) is 24.4 Å². The summed E-state index contributed by atoms with van der Waals surface area (Å²) in [6, 6.07) is 24.4. The van der Waals surface area contributed by atoms with Crippen molar-refractivity contribution < 1.29 is 19.2 Å². The fourth-order valence-electron chi connectivity index (χ4n) is 3.56. The van der Waals surface area contributed by atoms with Gasteiger partial charge in [0.05, 0.1) is 11.1 Å². The van der Waals surface area contributed by atoms with Gasteiger partial charge in [-0.25, -0.2) is 5.43 Å². The van der Waals surface area contributed by atoms with Crippen molar-refractivity contribution in [3.05, 3.63) is 118 Å². The number of carbonyl (C=O) groups is 2. The topological polar surface area (TPSA) is 123 Å². The number of hydrogen-bond acceptors (Lipinski definition) is 6. The first kappa shape index (κ1) is 27.8. The van der Waals surface area contributed by atoms with E-state index in [9.17, 15) is 19.7 Å². The minimum atomic E-state index is -1.99. The number of nitrogens with one attached hydrogen (secondary N) is 2. The van der Waals surface area contributed by atoms with Crippen LogP contribution in [0, 0.1) is 10.1 Å². The van der Waals surface area contributed by atoms with E-state index in [-0.39, 0.29) is 11.3 Å². The van der Waals surface area contributed by atoms with Crippen LogP contribution in [0.2, 0.25) is 0 Å². The highest BCUT2D eigenvalue weighted by molar-refractivity contribution is 6.68. The number of carbonyl (C=O) groups excluding carboxylic acids is 2. The minimum Gasteiger partial charge on any atom is -0.466 e. The van der Waals surface area contributed by atoms with Gasteiger partial charge in [-0.05, 0) is 52.7 Å². The molecule has 0 saturated carbocycles. The van der Waals surface area contributed by atoms with E-state index in [4.69, 9.17) is 39.5 Å². The van der Waals surface area contributed by atoms with Crippen molar-refractivity contribution in [1.82, 2.24) is 10.7 Å². The third-order valence-electron chi connectivity index (χ3n) is 5.43. The third kappa shape index (κ3) is 7.23. The van der Waals surface area contributed by atoms with Gasteiger partial charge in [0, 0.05) is 23.3 Å². The number of ether oxygens (including phenoxy) is 1. The monoisotopic (exact) mass is 584 g/mol. The van der Waals surface area contributed by atoms with E-state index >= 15 is 0 Å². The molecule has 4 aromatic carbocycles. The maximum Gasteiger partial charge on any atom is 0.271 e. The van der Waals surface area contributed by atoms with Crippen LogP contribution in [0.25, 0.3) is 10.8 Å². The summed E-state index contributed by atoms with van der Waals surface area (Å²) in [5.41, 5.74) is 3.18. The number of benzene rings is 4. The Hall–Kier alpha value is -4.18. The number of hydrogen-bond donors (Lipinski definition) is 2. The summed E-state index contributed by atoms with van der Waals surface area (Å²) in [4.78, 5) is 35.5. The van der Waals surface area contributed by atoms with Crippen molar-refractivity contribution in [1.29, 1.82) is 0 Å². The third-order valence-corrected chi connectivity index (χ3v) is 6.02. The lowest BCUT2D eigenvalue weighted by molar-refractivity contribution is -0.384. The summed E-state index contributed by atoms with van der Waals surface area (Å²) in [6.45, 7) is 0. The van der Waals surface area contributed by atoms with Crippen molar-refractivity contribution in [3.8, 4) is 5.75 Å². The number of halogens is 3. The van der Waals surface area contributed by atoms with Crippen LogP contribution in [0.15, 0.2) is 96.1 Å². The Balaban J connectivity index is 1.41. The number of fused-ring (bicyclic) bond motifs is 1. The molecule has 0 aliphatic carbocycles. The molecule has 0 bridgehead atoms. The highest BCUT2D eigenvalue weighted by atomic mass is 35.6. The van der Waals surface area contributed by atoms with Crippen molar-refractivity contribution >= 4 is 69.3 Å². The lowest BCUT2D eigenvalue weighted by Gasteiger charge is -2.26. The van der Waals surface area contributed by atoms with E-state index in [1.54, 1.807) is 36.4 Å². The average Bonchev–Trinajstić information content (AvgIpc) is 2.92. The fourth-order valence-corrected chi connectivity index (χ4v) is 3.85. The lowest BCUT2D eigenvalue weighted by atomic mass is 10.0. The SMILES string of the molecule is O=C(NN=Cc1ccc(OC(NC(=O)c2cccc3ccccc23)C(Cl)(Cl)Cl)cc1)c1cccc([N+](=O)[O-])c1. The van der Waals surface area contributed by atoms with Gasteiger partial charge in [0.1, 0.15) is 5.75 Å². The molecule has 0 heterocycles. The number of alkyl halides is 3. The van der Waals surface area contributed by atoms with Crippen molar-refractivity contribution in [2.24, 2.45) is 5.10 Å². The summed E-state index contributed by atoms with van der Waals surface area (Å²) in [7, 11) is 0. The molecule has 0 fully saturated rings. The molecule has 4 aromatic rings. The molecule has 1 unspecified atom stereocenters. The van der Waals surface area contributed by atoms with Gasteiger partial charge in [-0.3, -0.25) is 19.7 Å². The number of non-ortho nitro benzene ring substituents is 1. The van der Waals surface area contributed by atoms with E-state index < -0.39 is 26.8 Å². The molecule has 0 spiro atoms. The van der Waals surface area contributed by atoms with E-state index in [2.05, 4.69) is 15.8 Å². The Morgan fingerprint density at radius 2 is 1.62 bits per heavy atom. The van der Waals surface area contributed by atoms with Crippen LogP contribution in [-0.4, -0.2) is 33.0 Å². The predicted octanol–water partition coefficient (Wildman–Crippen LogP) is 6.02. The Labute approximate surface area is 237 Å². The summed E-state index contributed by atoms with van der Waals surface area (Å²) < 4.78 is 3.78. The number of nitrogens with zero attached hydrogens (tertiary/aromatic N) is 2. The maximum atomic E-state index is 13.0. The van der Waals surface area contributed by atoms with Crippen LogP contribution in [0.1, 0.15) is 26.3 Å². The molecule has 39 heavy (non-hydrogen) atoms.